The van der Waals surface area contributed by atoms with E-state index in [1.54, 1.807) is 13.0 Å². The van der Waals surface area contributed by atoms with Gasteiger partial charge >= 0.3 is 5.97 Å². The number of hydrogen-bond acceptors (Lipinski definition) is 6. The maximum absolute atomic E-state index is 14.6. The highest BCUT2D eigenvalue weighted by Gasteiger charge is 2.75. The van der Waals surface area contributed by atoms with Gasteiger partial charge in [-0.2, -0.15) is 0 Å². The van der Waals surface area contributed by atoms with E-state index in [4.69, 9.17) is 9.47 Å². The molecule has 0 radical (unpaired) electrons. The number of benzene rings is 1. The Bertz CT molecular complexity index is 1020. The van der Waals surface area contributed by atoms with Crippen molar-refractivity contribution in [1.82, 2.24) is 9.80 Å². The first-order chi connectivity index (χ1) is 18.0. The summed E-state index contributed by atoms with van der Waals surface area (Å²) in [5, 5.41) is 10.6. The molecule has 3 saturated heterocycles. The molecule has 0 unspecified atom stereocenters. The number of aliphatic hydroxyl groups is 1. The van der Waals surface area contributed by atoms with Crippen molar-refractivity contribution in [3.05, 3.63) is 48.6 Å². The second-order valence-electron chi connectivity index (χ2n) is 10.7. The number of nitrogens with zero attached hydrogens (tertiary/aromatic N) is 2. The lowest BCUT2D eigenvalue weighted by molar-refractivity contribution is -0.157. The monoisotopic (exact) mass is 510 g/mol. The Labute approximate surface area is 218 Å². The molecular formula is C29H38N2O6. The Morgan fingerprint density at radius 2 is 1.97 bits per heavy atom. The second kappa shape index (κ2) is 10.6. The predicted octanol–water partition coefficient (Wildman–Crippen LogP) is 3.01. The summed E-state index contributed by atoms with van der Waals surface area (Å²) < 4.78 is 11.9. The molecule has 8 heteroatoms. The molecule has 1 aromatic carbocycles. The van der Waals surface area contributed by atoms with E-state index < -0.39 is 41.6 Å². The number of likely N-dealkylation sites (tertiary alicyclic amines) is 1. The Balaban J connectivity index is 1.60. The average molecular weight is 511 g/mol. The van der Waals surface area contributed by atoms with Crippen LogP contribution in [0.2, 0.25) is 0 Å². The molecule has 4 fully saturated rings. The summed E-state index contributed by atoms with van der Waals surface area (Å²) in [6.45, 7) is 5.88. The Hall–Kier alpha value is -2.71. The highest BCUT2D eigenvalue weighted by atomic mass is 16.6. The third-order valence-corrected chi connectivity index (χ3v) is 8.85. The van der Waals surface area contributed by atoms with Gasteiger partial charge in [0.25, 0.3) is 0 Å². The molecule has 6 atom stereocenters. The van der Waals surface area contributed by atoms with E-state index in [2.05, 4.69) is 6.58 Å². The van der Waals surface area contributed by atoms with E-state index >= 15 is 0 Å². The third kappa shape index (κ3) is 4.18. The molecule has 1 N–H and O–H groups in total. The van der Waals surface area contributed by atoms with Gasteiger partial charge in [-0.3, -0.25) is 14.4 Å². The first kappa shape index (κ1) is 25.9. The molecule has 8 nitrogen and oxygen atoms in total. The summed E-state index contributed by atoms with van der Waals surface area (Å²) in [6.07, 6.45) is 7.47. The van der Waals surface area contributed by atoms with Gasteiger partial charge in [-0.05, 0) is 38.2 Å². The zero-order valence-electron chi connectivity index (χ0n) is 21.6. The molecule has 4 aliphatic rings. The van der Waals surface area contributed by atoms with Gasteiger partial charge in [-0.15, -0.1) is 6.58 Å². The summed E-state index contributed by atoms with van der Waals surface area (Å²) >= 11 is 0. The van der Waals surface area contributed by atoms with Crippen LogP contribution in [0.5, 0.6) is 0 Å². The molecule has 2 amide bonds. The summed E-state index contributed by atoms with van der Waals surface area (Å²) in [5.74, 6) is -2.50. The van der Waals surface area contributed by atoms with Crippen LogP contribution >= 0.6 is 0 Å². The van der Waals surface area contributed by atoms with Crippen LogP contribution < -0.4 is 0 Å². The van der Waals surface area contributed by atoms with Crippen LogP contribution in [-0.2, 0) is 23.9 Å². The first-order valence-electron chi connectivity index (χ1n) is 13.7. The minimum Gasteiger partial charge on any atom is -0.466 e. The van der Waals surface area contributed by atoms with Gasteiger partial charge in [0.2, 0.25) is 11.8 Å². The average Bonchev–Trinajstić information content (AvgIpc) is 3.56. The standard InChI is InChI=1S/C29H38N2O6/c1-3-17-30(20-13-9-6-10-14-20)27(34)25-29-16-15-22(37-29)23(28(35)36-4-2)24(29)26(33)31(25)21(18-32)19-11-7-5-8-12-19/h3,5,7-8,11-12,20-25,32H,1,4,6,9-10,13-18H2,2H3/t21-,22+,23-,24-,25+,29-/m1/s1. The molecular weight excluding hydrogens is 472 g/mol. The molecule has 2 bridgehead atoms. The van der Waals surface area contributed by atoms with Gasteiger partial charge in [0.1, 0.15) is 11.6 Å². The van der Waals surface area contributed by atoms with Crippen LogP contribution in [-0.4, -0.2) is 76.2 Å². The number of carbonyl (C=O) groups is 3. The SMILES string of the molecule is C=CCN(C(=O)[C@@H]1N([C@H](CO)c2ccccc2)C(=O)[C@H]2[C@H](C(=O)OCC)[C@@H]3CC[C@]12O3)C1CCCCC1. The number of carbonyl (C=O) groups excluding carboxylic acids is 3. The molecule has 1 aliphatic carbocycles. The fourth-order valence-electron chi connectivity index (χ4n) is 7.35. The fraction of sp³-hybridized carbons (Fsp3) is 0.621. The van der Waals surface area contributed by atoms with Gasteiger partial charge in [0, 0.05) is 12.6 Å². The fourth-order valence-corrected chi connectivity index (χ4v) is 7.35. The van der Waals surface area contributed by atoms with Gasteiger partial charge in [0.15, 0.2) is 0 Å². The maximum Gasteiger partial charge on any atom is 0.312 e. The van der Waals surface area contributed by atoms with Crippen molar-refractivity contribution in [2.24, 2.45) is 11.8 Å². The van der Waals surface area contributed by atoms with E-state index in [0.717, 1.165) is 37.7 Å². The number of esters is 1. The number of ether oxygens (including phenoxy) is 2. The summed E-state index contributed by atoms with van der Waals surface area (Å²) in [5.41, 5.74) is -0.380. The van der Waals surface area contributed by atoms with Gasteiger partial charge in [-0.25, -0.2) is 0 Å². The molecule has 1 saturated carbocycles. The quantitative estimate of drug-likeness (QED) is 0.405. The van der Waals surface area contributed by atoms with Crippen LogP contribution in [0.15, 0.2) is 43.0 Å². The second-order valence-corrected chi connectivity index (χ2v) is 10.7. The zero-order chi connectivity index (χ0) is 26.2. The van der Waals surface area contributed by atoms with Crippen molar-refractivity contribution in [2.75, 3.05) is 19.8 Å². The molecule has 3 heterocycles. The molecule has 3 aliphatic heterocycles. The number of amides is 2. The van der Waals surface area contributed by atoms with Crippen molar-refractivity contribution < 1.29 is 29.0 Å². The highest BCUT2D eigenvalue weighted by molar-refractivity contribution is 5.98. The Kier molecular flexibility index (Phi) is 7.41. The smallest absolute Gasteiger partial charge is 0.312 e. The van der Waals surface area contributed by atoms with E-state index in [-0.39, 0.29) is 31.1 Å². The van der Waals surface area contributed by atoms with Crippen molar-refractivity contribution in [3.8, 4) is 0 Å². The molecule has 5 rings (SSSR count). The molecule has 37 heavy (non-hydrogen) atoms. The number of hydrogen-bond donors (Lipinski definition) is 1. The van der Waals surface area contributed by atoms with Crippen molar-refractivity contribution in [3.63, 3.8) is 0 Å². The van der Waals surface area contributed by atoms with Crippen molar-refractivity contribution >= 4 is 17.8 Å². The zero-order valence-corrected chi connectivity index (χ0v) is 21.6. The van der Waals surface area contributed by atoms with Crippen molar-refractivity contribution in [2.45, 2.75) is 81.7 Å². The normalized spacial score (nSPS) is 31.7. The van der Waals surface area contributed by atoms with Gasteiger partial charge < -0.3 is 24.4 Å². The maximum atomic E-state index is 14.6. The molecule has 200 valence electrons. The minimum absolute atomic E-state index is 0.0652. The number of fused-ring (bicyclic) bond motifs is 1. The highest BCUT2D eigenvalue weighted by Crippen LogP contribution is 2.60. The van der Waals surface area contributed by atoms with Gasteiger partial charge in [0.05, 0.1) is 37.2 Å². The Morgan fingerprint density at radius 3 is 2.62 bits per heavy atom. The molecule has 1 spiro atoms. The first-order valence-corrected chi connectivity index (χ1v) is 13.7. The van der Waals surface area contributed by atoms with Crippen LogP contribution in [0.3, 0.4) is 0 Å². The van der Waals surface area contributed by atoms with Crippen molar-refractivity contribution in [1.29, 1.82) is 0 Å². The predicted molar refractivity (Wildman–Crippen MR) is 136 cm³/mol. The molecule has 0 aromatic heterocycles. The Morgan fingerprint density at radius 1 is 1.24 bits per heavy atom. The van der Waals surface area contributed by atoms with Crippen LogP contribution in [0.1, 0.15) is 63.5 Å². The summed E-state index contributed by atoms with van der Waals surface area (Å²) in [6, 6.07) is 7.68. The van der Waals surface area contributed by atoms with E-state index in [1.165, 1.54) is 4.90 Å². The minimum atomic E-state index is -1.12. The third-order valence-electron chi connectivity index (χ3n) is 8.85. The summed E-state index contributed by atoms with van der Waals surface area (Å²) in [7, 11) is 0. The largest absolute Gasteiger partial charge is 0.466 e. The van der Waals surface area contributed by atoms with Gasteiger partial charge in [-0.1, -0.05) is 55.7 Å². The lowest BCUT2D eigenvalue weighted by atomic mass is 9.70. The van der Waals surface area contributed by atoms with E-state index in [9.17, 15) is 19.5 Å². The number of aliphatic hydroxyl groups excluding tert-OH is 1. The van der Waals surface area contributed by atoms with Crippen LogP contribution in [0, 0.1) is 11.8 Å². The summed E-state index contributed by atoms with van der Waals surface area (Å²) in [4.78, 5) is 45.3. The van der Waals surface area contributed by atoms with Crippen LogP contribution in [0.25, 0.3) is 0 Å². The van der Waals surface area contributed by atoms with E-state index in [1.807, 2.05) is 35.2 Å². The van der Waals surface area contributed by atoms with E-state index in [0.29, 0.717) is 19.4 Å². The lowest BCUT2D eigenvalue weighted by Gasteiger charge is -2.42. The van der Waals surface area contributed by atoms with Crippen LogP contribution in [0.4, 0.5) is 0 Å². The number of rotatable bonds is 9. The lowest BCUT2D eigenvalue weighted by Crippen LogP contribution is -2.59. The topological polar surface area (TPSA) is 96.4 Å². The molecule has 1 aromatic rings.